The summed E-state index contributed by atoms with van der Waals surface area (Å²) in [6.45, 7) is 5.66. The number of hydrogen-bond donors (Lipinski definition) is 1. The van der Waals surface area contributed by atoms with E-state index < -0.39 is 0 Å². The van der Waals surface area contributed by atoms with Gasteiger partial charge in [0, 0.05) is 25.0 Å². The Kier molecular flexibility index (Phi) is 4.96. The Hall–Kier alpha value is -1.91. The van der Waals surface area contributed by atoms with E-state index in [1.807, 2.05) is 11.0 Å². The van der Waals surface area contributed by atoms with Gasteiger partial charge in [-0.05, 0) is 56.2 Å². The Labute approximate surface area is 156 Å². The molecule has 2 aliphatic carbocycles. The molecule has 0 unspecified atom stereocenters. The van der Waals surface area contributed by atoms with E-state index in [0.29, 0.717) is 19.8 Å². The second-order valence-electron chi connectivity index (χ2n) is 7.99. The van der Waals surface area contributed by atoms with Crippen LogP contribution in [0.2, 0.25) is 0 Å². The molecule has 1 heterocycles. The molecular formula is C21H30N2O3. The maximum absolute atomic E-state index is 12.7. The van der Waals surface area contributed by atoms with Crippen LogP contribution in [0.3, 0.4) is 0 Å². The zero-order valence-corrected chi connectivity index (χ0v) is 15.8. The van der Waals surface area contributed by atoms with Crippen LogP contribution in [0.4, 0.5) is 4.79 Å². The van der Waals surface area contributed by atoms with E-state index in [1.165, 1.54) is 31.2 Å². The monoisotopic (exact) mass is 358 g/mol. The molecule has 0 bridgehead atoms. The average molecular weight is 358 g/mol. The van der Waals surface area contributed by atoms with Crippen LogP contribution in [-0.2, 0) is 5.41 Å². The summed E-state index contributed by atoms with van der Waals surface area (Å²) >= 11 is 0. The van der Waals surface area contributed by atoms with Crippen LogP contribution in [0.25, 0.3) is 0 Å². The van der Waals surface area contributed by atoms with E-state index in [4.69, 9.17) is 9.47 Å². The first-order chi connectivity index (χ1) is 12.7. The van der Waals surface area contributed by atoms with E-state index in [9.17, 15) is 4.79 Å². The van der Waals surface area contributed by atoms with E-state index in [1.54, 1.807) is 0 Å². The summed E-state index contributed by atoms with van der Waals surface area (Å²) in [5, 5.41) is 3.24. The predicted molar refractivity (Wildman–Crippen MR) is 101 cm³/mol. The van der Waals surface area contributed by atoms with Gasteiger partial charge in [-0.1, -0.05) is 18.9 Å². The summed E-state index contributed by atoms with van der Waals surface area (Å²) < 4.78 is 11.4. The largest absolute Gasteiger partial charge is 0.486 e. The molecule has 0 saturated heterocycles. The summed E-state index contributed by atoms with van der Waals surface area (Å²) in [4.78, 5) is 14.6. The standard InChI is InChI=1S/C21H30N2O3/c1-2-23(14-16-5-6-16)20(24)22-15-21(9-3-4-10-21)17-7-8-18-19(13-17)26-12-11-25-18/h7-8,13,16H,2-6,9-12,14-15H2,1H3,(H,22,24). The molecule has 2 saturated carbocycles. The lowest BCUT2D eigenvalue weighted by Crippen LogP contribution is -2.46. The van der Waals surface area contributed by atoms with Crippen molar-refractivity contribution in [2.24, 2.45) is 5.92 Å². The number of carbonyl (C=O) groups is 1. The van der Waals surface area contributed by atoms with Crippen molar-refractivity contribution in [3.63, 3.8) is 0 Å². The molecular weight excluding hydrogens is 328 g/mol. The van der Waals surface area contributed by atoms with Crippen molar-refractivity contribution in [2.45, 2.75) is 50.9 Å². The fourth-order valence-electron chi connectivity index (χ4n) is 4.32. The molecule has 26 heavy (non-hydrogen) atoms. The lowest BCUT2D eigenvalue weighted by molar-refractivity contribution is 0.171. The Bertz CT molecular complexity index is 651. The molecule has 5 nitrogen and oxygen atoms in total. The van der Waals surface area contributed by atoms with E-state index in [-0.39, 0.29) is 11.4 Å². The number of benzene rings is 1. The molecule has 142 valence electrons. The lowest BCUT2D eigenvalue weighted by Gasteiger charge is -2.32. The van der Waals surface area contributed by atoms with Gasteiger partial charge in [0.05, 0.1) is 0 Å². The zero-order valence-electron chi connectivity index (χ0n) is 15.8. The van der Waals surface area contributed by atoms with Gasteiger partial charge in [0.15, 0.2) is 11.5 Å². The third-order valence-corrected chi connectivity index (χ3v) is 6.14. The number of carbonyl (C=O) groups excluding carboxylic acids is 1. The molecule has 2 amide bonds. The third-order valence-electron chi connectivity index (χ3n) is 6.14. The number of nitrogens with one attached hydrogen (secondary N) is 1. The minimum Gasteiger partial charge on any atom is -0.486 e. The minimum atomic E-state index is 0.0183. The lowest BCUT2D eigenvalue weighted by atomic mass is 9.78. The second-order valence-corrected chi connectivity index (χ2v) is 7.99. The van der Waals surface area contributed by atoms with Crippen LogP contribution in [0.1, 0.15) is 51.0 Å². The van der Waals surface area contributed by atoms with Crippen LogP contribution in [0, 0.1) is 5.92 Å². The van der Waals surface area contributed by atoms with Crippen LogP contribution < -0.4 is 14.8 Å². The molecule has 0 radical (unpaired) electrons. The maximum Gasteiger partial charge on any atom is 0.317 e. The zero-order chi connectivity index (χ0) is 18.0. The SMILES string of the molecule is CCN(CC1CC1)C(=O)NCC1(c2ccc3c(c2)OCCO3)CCCC1. The van der Waals surface area contributed by atoms with Crippen LogP contribution in [0.15, 0.2) is 18.2 Å². The van der Waals surface area contributed by atoms with Gasteiger partial charge in [-0.2, -0.15) is 0 Å². The summed E-state index contributed by atoms with van der Waals surface area (Å²) in [6.07, 6.45) is 7.19. The first-order valence-corrected chi connectivity index (χ1v) is 10.1. The van der Waals surface area contributed by atoms with Gasteiger partial charge in [-0.25, -0.2) is 4.79 Å². The highest BCUT2D eigenvalue weighted by atomic mass is 16.6. The van der Waals surface area contributed by atoms with Crippen molar-refractivity contribution >= 4 is 6.03 Å². The number of nitrogens with zero attached hydrogens (tertiary/aromatic N) is 1. The molecule has 4 rings (SSSR count). The van der Waals surface area contributed by atoms with Crippen molar-refractivity contribution in [1.29, 1.82) is 0 Å². The Balaban J connectivity index is 1.47. The molecule has 5 heteroatoms. The van der Waals surface area contributed by atoms with Gasteiger partial charge in [-0.15, -0.1) is 0 Å². The number of hydrogen-bond acceptors (Lipinski definition) is 3. The van der Waals surface area contributed by atoms with Crippen molar-refractivity contribution < 1.29 is 14.3 Å². The highest BCUT2D eigenvalue weighted by molar-refractivity contribution is 5.74. The van der Waals surface area contributed by atoms with Crippen molar-refractivity contribution in [2.75, 3.05) is 32.8 Å². The number of rotatable bonds is 6. The molecule has 1 aromatic rings. The normalized spacial score (nSPS) is 20.7. The predicted octanol–water partition coefficient (Wildman–Crippen LogP) is 3.71. The Morgan fingerprint density at radius 3 is 2.62 bits per heavy atom. The minimum absolute atomic E-state index is 0.0183. The van der Waals surface area contributed by atoms with E-state index in [0.717, 1.165) is 43.3 Å². The number of amides is 2. The van der Waals surface area contributed by atoms with Crippen molar-refractivity contribution in [3.05, 3.63) is 23.8 Å². The number of urea groups is 1. The van der Waals surface area contributed by atoms with Gasteiger partial charge in [0.1, 0.15) is 13.2 Å². The Morgan fingerprint density at radius 1 is 1.19 bits per heavy atom. The van der Waals surface area contributed by atoms with Crippen molar-refractivity contribution in [1.82, 2.24) is 10.2 Å². The number of ether oxygens (including phenoxy) is 2. The molecule has 3 aliphatic rings. The van der Waals surface area contributed by atoms with Gasteiger partial charge >= 0.3 is 6.03 Å². The van der Waals surface area contributed by atoms with Crippen LogP contribution in [-0.4, -0.2) is 43.8 Å². The molecule has 1 aliphatic heterocycles. The third kappa shape index (κ3) is 3.62. The fourth-order valence-corrected chi connectivity index (χ4v) is 4.32. The summed E-state index contributed by atoms with van der Waals surface area (Å²) in [5.41, 5.74) is 1.29. The Morgan fingerprint density at radius 2 is 1.92 bits per heavy atom. The van der Waals surface area contributed by atoms with Crippen LogP contribution >= 0.6 is 0 Å². The summed E-state index contributed by atoms with van der Waals surface area (Å²) in [6, 6.07) is 6.40. The molecule has 1 aromatic carbocycles. The smallest absolute Gasteiger partial charge is 0.317 e. The quantitative estimate of drug-likeness (QED) is 0.843. The molecule has 0 spiro atoms. The second kappa shape index (κ2) is 7.37. The number of fused-ring (bicyclic) bond motifs is 1. The molecule has 0 aromatic heterocycles. The van der Waals surface area contributed by atoms with Gasteiger partial charge < -0.3 is 19.7 Å². The van der Waals surface area contributed by atoms with Gasteiger partial charge in [0.25, 0.3) is 0 Å². The van der Waals surface area contributed by atoms with E-state index >= 15 is 0 Å². The highest BCUT2D eigenvalue weighted by Crippen LogP contribution is 2.43. The van der Waals surface area contributed by atoms with Gasteiger partial charge in [-0.3, -0.25) is 0 Å². The first-order valence-electron chi connectivity index (χ1n) is 10.1. The molecule has 0 atom stereocenters. The topological polar surface area (TPSA) is 50.8 Å². The average Bonchev–Trinajstić information content (AvgIpc) is 3.38. The van der Waals surface area contributed by atoms with Crippen LogP contribution in [0.5, 0.6) is 11.5 Å². The highest BCUT2D eigenvalue weighted by Gasteiger charge is 2.37. The molecule has 1 N–H and O–H groups in total. The fraction of sp³-hybridized carbons (Fsp3) is 0.667. The summed E-state index contributed by atoms with van der Waals surface area (Å²) in [7, 11) is 0. The van der Waals surface area contributed by atoms with E-state index in [2.05, 4.69) is 24.4 Å². The molecule has 2 fully saturated rings. The van der Waals surface area contributed by atoms with Gasteiger partial charge in [0.2, 0.25) is 0 Å². The summed E-state index contributed by atoms with van der Waals surface area (Å²) in [5.74, 6) is 2.40. The first kappa shape index (κ1) is 17.5. The van der Waals surface area contributed by atoms with Crippen molar-refractivity contribution in [3.8, 4) is 11.5 Å². The maximum atomic E-state index is 12.7.